The van der Waals surface area contributed by atoms with Crippen LogP contribution in [-0.2, 0) is 6.54 Å². The molecule has 0 radical (unpaired) electrons. The maximum Gasteiger partial charge on any atom is 0.269 e. The Kier molecular flexibility index (Phi) is 3.47. The minimum atomic E-state index is -0.329. The molecule has 18 heavy (non-hydrogen) atoms. The number of hydrogen-bond donors (Lipinski definition) is 3. The second-order valence-electron chi connectivity index (χ2n) is 3.70. The number of aromatic amines is 2. The summed E-state index contributed by atoms with van der Waals surface area (Å²) in [5, 5.41) is 7.49. The van der Waals surface area contributed by atoms with E-state index in [0.717, 1.165) is 11.3 Å². The highest BCUT2D eigenvalue weighted by Crippen LogP contribution is 2.10. The van der Waals surface area contributed by atoms with E-state index in [-0.39, 0.29) is 17.2 Å². The molecule has 0 aliphatic rings. The summed E-state index contributed by atoms with van der Waals surface area (Å²) in [6.07, 6.45) is 0. The van der Waals surface area contributed by atoms with E-state index in [0.29, 0.717) is 6.54 Å². The topological polar surface area (TPSA) is 87.0 Å². The van der Waals surface area contributed by atoms with Crippen molar-refractivity contribution in [3.05, 3.63) is 51.9 Å². The average molecular weight is 247 g/mol. The normalized spacial score (nSPS) is 10.1. The fraction of sp³-hybridized carbons (Fsp3) is 0.167. The third kappa shape index (κ3) is 2.79. The fourth-order valence-corrected chi connectivity index (χ4v) is 1.48. The van der Waals surface area contributed by atoms with E-state index in [9.17, 15) is 9.59 Å². The van der Waals surface area contributed by atoms with Crippen molar-refractivity contribution in [1.82, 2.24) is 15.5 Å². The molecule has 2 rings (SSSR count). The van der Waals surface area contributed by atoms with Crippen LogP contribution in [0.4, 0.5) is 0 Å². The van der Waals surface area contributed by atoms with Crippen LogP contribution in [0.1, 0.15) is 16.1 Å². The third-order valence-corrected chi connectivity index (χ3v) is 2.45. The highest BCUT2D eigenvalue weighted by atomic mass is 16.5. The molecule has 6 heteroatoms. The first-order valence-electron chi connectivity index (χ1n) is 5.38. The van der Waals surface area contributed by atoms with Gasteiger partial charge in [-0.15, -0.1) is 0 Å². The van der Waals surface area contributed by atoms with Gasteiger partial charge in [0.2, 0.25) is 0 Å². The second kappa shape index (κ2) is 5.22. The molecule has 0 saturated carbocycles. The van der Waals surface area contributed by atoms with Gasteiger partial charge in [0.15, 0.2) is 0 Å². The van der Waals surface area contributed by atoms with Crippen LogP contribution in [0.5, 0.6) is 5.75 Å². The van der Waals surface area contributed by atoms with Gasteiger partial charge in [-0.25, -0.2) is 0 Å². The van der Waals surface area contributed by atoms with Crippen molar-refractivity contribution < 1.29 is 9.53 Å². The van der Waals surface area contributed by atoms with E-state index in [4.69, 9.17) is 4.74 Å². The van der Waals surface area contributed by atoms with E-state index < -0.39 is 0 Å². The first-order chi connectivity index (χ1) is 8.69. The van der Waals surface area contributed by atoms with Crippen molar-refractivity contribution in [1.29, 1.82) is 0 Å². The first kappa shape index (κ1) is 12.0. The third-order valence-electron chi connectivity index (χ3n) is 2.45. The molecule has 2 aromatic rings. The lowest BCUT2D eigenvalue weighted by atomic mass is 10.2. The van der Waals surface area contributed by atoms with Gasteiger partial charge in [0, 0.05) is 12.6 Å². The Morgan fingerprint density at radius 2 is 2.00 bits per heavy atom. The molecule has 0 spiro atoms. The predicted octanol–water partition coefficient (Wildman–Crippen LogP) is 0.642. The van der Waals surface area contributed by atoms with Crippen LogP contribution in [0, 0.1) is 0 Å². The SMILES string of the molecule is COc1ccc(CNC(=O)c2cc(=O)[nH][nH]2)cc1. The van der Waals surface area contributed by atoms with Crippen molar-refractivity contribution in [3.8, 4) is 5.75 Å². The molecule has 1 heterocycles. The van der Waals surface area contributed by atoms with Crippen molar-refractivity contribution in [2.24, 2.45) is 0 Å². The zero-order valence-corrected chi connectivity index (χ0v) is 9.82. The summed E-state index contributed by atoms with van der Waals surface area (Å²) in [6.45, 7) is 0.385. The number of rotatable bonds is 4. The number of aromatic nitrogens is 2. The quantitative estimate of drug-likeness (QED) is 0.741. The molecule has 94 valence electrons. The van der Waals surface area contributed by atoms with Gasteiger partial charge in [-0.2, -0.15) is 0 Å². The average Bonchev–Trinajstić information content (AvgIpc) is 2.83. The Morgan fingerprint density at radius 3 is 2.56 bits per heavy atom. The smallest absolute Gasteiger partial charge is 0.269 e. The molecule has 0 aliphatic heterocycles. The highest BCUT2D eigenvalue weighted by Gasteiger charge is 2.07. The molecular formula is C12H13N3O3. The lowest BCUT2D eigenvalue weighted by Gasteiger charge is -2.05. The number of ether oxygens (including phenoxy) is 1. The molecule has 6 nitrogen and oxygen atoms in total. The lowest BCUT2D eigenvalue weighted by molar-refractivity contribution is 0.0946. The number of benzene rings is 1. The minimum Gasteiger partial charge on any atom is -0.497 e. The monoisotopic (exact) mass is 247 g/mol. The van der Waals surface area contributed by atoms with E-state index in [1.807, 2.05) is 24.3 Å². The molecule has 3 N–H and O–H groups in total. The van der Waals surface area contributed by atoms with Crippen LogP contribution in [-0.4, -0.2) is 23.2 Å². The lowest BCUT2D eigenvalue weighted by Crippen LogP contribution is -2.23. The van der Waals surface area contributed by atoms with E-state index in [2.05, 4.69) is 15.5 Å². The first-order valence-corrected chi connectivity index (χ1v) is 5.38. The molecule has 0 bridgehead atoms. The second-order valence-corrected chi connectivity index (χ2v) is 3.70. The molecule has 0 fully saturated rings. The molecule has 0 unspecified atom stereocenters. The van der Waals surface area contributed by atoms with Crippen molar-refractivity contribution in [2.75, 3.05) is 7.11 Å². The molecule has 1 aromatic carbocycles. The number of nitrogens with one attached hydrogen (secondary N) is 3. The highest BCUT2D eigenvalue weighted by molar-refractivity contribution is 5.91. The summed E-state index contributed by atoms with van der Waals surface area (Å²) in [5.41, 5.74) is 0.833. The molecule has 0 aliphatic carbocycles. The summed E-state index contributed by atoms with van der Waals surface area (Å²) in [6, 6.07) is 8.57. The van der Waals surface area contributed by atoms with Crippen LogP contribution >= 0.6 is 0 Å². The van der Waals surface area contributed by atoms with Gasteiger partial charge in [0.25, 0.3) is 11.5 Å². The van der Waals surface area contributed by atoms with Gasteiger partial charge in [0.1, 0.15) is 11.4 Å². The molecule has 0 saturated heterocycles. The van der Waals surface area contributed by atoms with E-state index in [1.54, 1.807) is 7.11 Å². The molecule has 1 amide bonds. The Balaban J connectivity index is 1.94. The van der Waals surface area contributed by atoms with Gasteiger partial charge >= 0.3 is 0 Å². The summed E-state index contributed by atoms with van der Waals surface area (Å²) in [7, 11) is 1.60. The summed E-state index contributed by atoms with van der Waals surface area (Å²) in [5.74, 6) is 0.434. The van der Waals surface area contributed by atoms with E-state index in [1.165, 1.54) is 6.07 Å². The van der Waals surface area contributed by atoms with Crippen LogP contribution in [0.3, 0.4) is 0 Å². The minimum absolute atomic E-state index is 0.216. The Bertz CT molecular complexity index is 583. The number of amides is 1. The number of H-pyrrole nitrogens is 2. The van der Waals surface area contributed by atoms with Crippen LogP contribution in [0.15, 0.2) is 35.1 Å². The fourth-order valence-electron chi connectivity index (χ4n) is 1.48. The van der Waals surface area contributed by atoms with Gasteiger partial charge in [0.05, 0.1) is 7.11 Å². The van der Waals surface area contributed by atoms with Gasteiger partial charge in [-0.3, -0.25) is 19.8 Å². The zero-order valence-electron chi connectivity index (χ0n) is 9.82. The largest absolute Gasteiger partial charge is 0.497 e. The Morgan fingerprint density at radius 1 is 1.28 bits per heavy atom. The maximum atomic E-state index is 11.6. The Labute approximate surface area is 103 Å². The van der Waals surface area contributed by atoms with Crippen molar-refractivity contribution in [3.63, 3.8) is 0 Å². The zero-order chi connectivity index (χ0) is 13.0. The van der Waals surface area contributed by atoms with Gasteiger partial charge in [-0.1, -0.05) is 12.1 Å². The van der Waals surface area contributed by atoms with Crippen LogP contribution in [0.2, 0.25) is 0 Å². The summed E-state index contributed by atoms with van der Waals surface area (Å²) >= 11 is 0. The van der Waals surface area contributed by atoms with E-state index >= 15 is 0 Å². The van der Waals surface area contributed by atoms with Crippen LogP contribution in [0.25, 0.3) is 0 Å². The van der Waals surface area contributed by atoms with Crippen molar-refractivity contribution >= 4 is 5.91 Å². The standard InChI is InChI=1S/C12H13N3O3/c1-18-9-4-2-8(3-5-9)7-13-12(17)10-6-11(16)15-14-10/h2-6H,7H2,1H3,(H,13,17)(H2,14,15,16). The molecule has 1 aromatic heterocycles. The van der Waals surface area contributed by atoms with Gasteiger partial charge < -0.3 is 10.1 Å². The molecular weight excluding hydrogens is 234 g/mol. The van der Waals surface area contributed by atoms with Crippen LogP contribution < -0.4 is 15.6 Å². The maximum absolute atomic E-state index is 11.6. The molecule has 0 atom stereocenters. The summed E-state index contributed by atoms with van der Waals surface area (Å²) in [4.78, 5) is 22.5. The number of methoxy groups -OCH3 is 1. The number of carbonyl (C=O) groups is 1. The summed E-state index contributed by atoms with van der Waals surface area (Å²) < 4.78 is 5.04. The number of carbonyl (C=O) groups excluding carboxylic acids is 1. The van der Waals surface area contributed by atoms with Gasteiger partial charge in [-0.05, 0) is 17.7 Å². The predicted molar refractivity (Wildman–Crippen MR) is 65.6 cm³/mol. The Hall–Kier alpha value is -2.50. The number of hydrogen-bond acceptors (Lipinski definition) is 3. The van der Waals surface area contributed by atoms with Crippen molar-refractivity contribution in [2.45, 2.75) is 6.54 Å².